The highest BCUT2D eigenvalue weighted by Gasteiger charge is 2.00. The van der Waals surface area contributed by atoms with Crippen LogP contribution in [0.5, 0.6) is 0 Å². The number of esters is 1. The molecule has 23 heavy (non-hydrogen) atoms. The summed E-state index contributed by atoms with van der Waals surface area (Å²) < 4.78 is 4.81. The molecule has 0 N–H and O–H groups in total. The highest BCUT2D eigenvalue weighted by molar-refractivity contribution is 7.80. The lowest BCUT2D eigenvalue weighted by Gasteiger charge is -2.01. The first-order valence-corrected chi connectivity index (χ1v) is 10.2. The number of unbranched alkanes of at least 4 members (excludes halogenated alkanes) is 10. The molecule has 0 radical (unpaired) electrons. The lowest BCUT2D eigenvalue weighted by atomic mass is 10.1. The molecule has 0 aromatic rings. The van der Waals surface area contributed by atoms with Crippen LogP contribution in [0.4, 0.5) is 0 Å². The zero-order valence-corrected chi connectivity index (χ0v) is 16.8. The van der Waals surface area contributed by atoms with E-state index in [-0.39, 0.29) is 5.97 Å². The molecule has 0 aliphatic carbocycles. The van der Waals surface area contributed by atoms with Crippen molar-refractivity contribution in [3.05, 3.63) is 12.2 Å². The Kier molecular flexibility index (Phi) is 23.3. The van der Waals surface area contributed by atoms with Gasteiger partial charge < -0.3 is 4.74 Å². The first-order valence-electron chi connectivity index (χ1n) is 9.53. The molecule has 0 aliphatic heterocycles. The molecular formula is C20H40O2S. The van der Waals surface area contributed by atoms with Gasteiger partial charge in [-0.2, -0.15) is 12.6 Å². The first kappa shape index (κ1) is 24.8. The molecule has 0 atom stereocenters. The number of hydrogen-bond donors (Lipinski definition) is 1. The second kappa shape index (κ2) is 21.6. The SMILES string of the molecule is C=C(C)C(=O)OCCCC.CCCCCCCCCCCCS. The summed E-state index contributed by atoms with van der Waals surface area (Å²) in [5, 5.41) is 0. The van der Waals surface area contributed by atoms with Crippen LogP contribution in [0.3, 0.4) is 0 Å². The van der Waals surface area contributed by atoms with E-state index in [0.717, 1.165) is 18.6 Å². The number of rotatable bonds is 14. The molecule has 0 saturated heterocycles. The van der Waals surface area contributed by atoms with E-state index in [1.165, 1.54) is 64.2 Å². The number of hydrogen-bond acceptors (Lipinski definition) is 3. The van der Waals surface area contributed by atoms with Crippen molar-refractivity contribution in [2.24, 2.45) is 0 Å². The largest absolute Gasteiger partial charge is 0.462 e. The molecule has 138 valence electrons. The Balaban J connectivity index is 0. The lowest BCUT2D eigenvalue weighted by molar-refractivity contribution is -0.139. The van der Waals surface area contributed by atoms with E-state index in [1.807, 2.05) is 0 Å². The van der Waals surface area contributed by atoms with Gasteiger partial charge in [-0.25, -0.2) is 4.79 Å². The van der Waals surface area contributed by atoms with Gasteiger partial charge >= 0.3 is 5.97 Å². The second-order valence-electron chi connectivity index (χ2n) is 6.18. The van der Waals surface area contributed by atoms with Gasteiger partial charge in [-0.3, -0.25) is 0 Å². The van der Waals surface area contributed by atoms with Gasteiger partial charge in [0.25, 0.3) is 0 Å². The van der Waals surface area contributed by atoms with Crippen LogP contribution < -0.4 is 0 Å². The molecule has 0 bridgehead atoms. The maximum Gasteiger partial charge on any atom is 0.333 e. The van der Waals surface area contributed by atoms with Crippen molar-refractivity contribution in [2.45, 2.75) is 97.8 Å². The minimum atomic E-state index is -0.284. The zero-order valence-electron chi connectivity index (χ0n) is 15.9. The van der Waals surface area contributed by atoms with Crippen LogP contribution in [0.15, 0.2) is 12.2 Å². The van der Waals surface area contributed by atoms with Gasteiger partial charge in [-0.05, 0) is 25.5 Å². The lowest BCUT2D eigenvalue weighted by Crippen LogP contribution is -2.05. The average Bonchev–Trinajstić information content (AvgIpc) is 2.54. The third-order valence-corrected chi connectivity index (χ3v) is 3.91. The Morgan fingerprint density at radius 1 is 0.826 bits per heavy atom. The quantitative estimate of drug-likeness (QED) is 0.163. The summed E-state index contributed by atoms with van der Waals surface area (Å²) in [6, 6.07) is 0. The molecule has 0 rings (SSSR count). The first-order chi connectivity index (χ1) is 11.1. The van der Waals surface area contributed by atoms with Gasteiger partial charge in [0.2, 0.25) is 0 Å². The van der Waals surface area contributed by atoms with Crippen molar-refractivity contribution in [3.63, 3.8) is 0 Å². The van der Waals surface area contributed by atoms with Crippen LogP contribution in [0, 0.1) is 0 Å². The minimum absolute atomic E-state index is 0.284. The van der Waals surface area contributed by atoms with Gasteiger partial charge in [-0.1, -0.05) is 84.6 Å². The number of thiol groups is 1. The van der Waals surface area contributed by atoms with E-state index in [1.54, 1.807) is 6.92 Å². The minimum Gasteiger partial charge on any atom is -0.462 e. The fourth-order valence-corrected chi connectivity index (χ4v) is 2.26. The third kappa shape index (κ3) is 23.9. The fraction of sp³-hybridized carbons (Fsp3) is 0.850. The van der Waals surface area contributed by atoms with Crippen LogP contribution in [0.2, 0.25) is 0 Å². The van der Waals surface area contributed by atoms with Crippen molar-refractivity contribution in [2.75, 3.05) is 12.4 Å². The highest BCUT2D eigenvalue weighted by atomic mass is 32.1. The predicted octanol–water partition coefficient (Wildman–Crippen LogP) is 6.74. The van der Waals surface area contributed by atoms with Gasteiger partial charge in [0.15, 0.2) is 0 Å². The van der Waals surface area contributed by atoms with E-state index >= 15 is 0 Å². The molecule has 2 nitrogen and oxygen atoms in total. The van der Waals surface area contributed by atoms with E-state index in [2.05, 4.69) is 33.1 Å². The summed E-state index contributed by atoms with van der Waals surface area (Å²) in [5.74, 6) is 0.782. The van der Waals surface area contributed by atoms with E-state index in [9.17, 15) is 4.79 Å². The Hall–Kier alpha value is -0.440. The van der Waals surface area contributed by atoms with Crippen LogP contribution in [0.1, 0.15) is 97.8 Å². The molecule has 0 unspecified atom stereocenters. The molecule has 0 spiro atoms. The Morgan fingerprint density at radius 3 is 1.65 bits per heavy atom. The average molecular weight is 345 g/mol. The van der Waals surface area contributed by atoms with E-state index in [4.69, 9.17) is 4.74 Å². The Morgan fingerprint density at radius 2 is 1.26 bits per heavy atom. The van der Waals surface area contributed by atoms with Crippen molar-refractivity contribution in [3.8, 4) is 0 Å². The molecule has 3 heteroatoms. The number of carbonyl (C=O) groups is 1. The monoisotopic (exact) mass is 344 g/mol. The van der Waals surface area contributed by atoms with Gasteiger partial charge in [0, 0.05) is 5.57 Å². The van der Waals surface area contributed by atoms with Crippen LogP contribution in [-0.2, 0) is 9.53 Å². The molecule has 0 heterocycles. The summed E-state index contributed by atoms with van der Waals surface area (Å²) in [5.41, 5.74) is 0.469. The van der Waals surface area contributed by atoms with E-state index < -0.39 is 0 Å². The maximum atomic E-state index is 10.7. The standard InChI is InChI=1S/C12H26S.C8H14O2/c1-2-3-4-5-6-7-8-9-10-11-12-13;1-4-5-6-10-8(9)7(2)3/h13H,2-12H2,1H3;2,4-6H2,1,3H3. The zero-order chi connectivity index (χ0) is 17.8. The van der Waals surface area contributed by atoms with Gasteiger partial charge in [0.05, 0.1) is 6.61 Å². The fourth-order valence-electron chi connectivity index (χ4n) is 2.03. The van der Waals surface area contributed by atoms with Crippen molar-refractivity contribution >= 4 is 18.6 Å². The number of ether oxygens (including phenoxy) is 1. The van der Waals surface area contributed by atoms with Crippen molar-refractivity contribution in [1.29, 1.82) is 0 Å². The number of carbonyl (C=O) groups excluding carboxylic acids is 1. The molecule has 0 saturated carbocycles. The smallest absolute Gasteiger partial charge is 0.333 e. The van der Waals surface area contributed by atoms with Crippen molar-refractivity contribution in [1.82, 2.24) is 0 Å². The summed E-state index contributed by atoms with van der Waals surface area (Å²) >= 11 is 4.20. The highest BCUT2D eigenvalue weighted by Crippen LogP contribution is 2.10. The molecule has 0 aromatic heterocycles. The molecule has 0 amide bonds. The normalized spacial score (nSPS) is 9.91. The maximum absolute atomic E-state index is 10.7. The molecule has 0 fully saturated rings. The topological polar surface area (TPSA) is 26.3 Å². The van der Waals surface area contributed by atoms with Crippen LogP contribution >= 0.6 is 12.6 Å². The van der Waals surface area contributed by atoms with Crippen LogP contribution in [-0.4, -0.2) is 18.3 Å². The van der Waals surface area contributed by atoms with Gasteiger partial charge in [-0.15, -0.1) is 0 Å². The Labute approximate surface area is 150 Å². The Bertz CT molecular complexity index is 254. The predicted molar refractivity (Wildman–Crippen MR) is 106 cm³/mol. The third-order valence-electron chi connectivity index (χ3n) is 3.59. The molecule has 0 aliphatic rings. The molecular weight excluding hydrogens is 304 g/mol. The second-order valence-corrected chi connectivity index (χ2v) is 6.62. The summed E-state index contributed by atoms with van der Waals surface area (Å²) in [4.78, 5) is 10.7. The van der Waals surface area contributed by atoms with Gasteiger partial charge in [0.1, 0.15) is 0 Å². The summed E-state index contributed by atoms with van der Waals surface area (Å²) in [6.07, 6.45) is 16.2. The van der Waals surface area contributed by atoms with Crippen molar-refractivity contribution < 1.29 is 9.53 Å². The van der Waals surface area contributed by atoms with Crippen LogP contribution in [0.25, 0.3) is 0 Å². The molecule has 0 aromatic carbocycles. The summed E-state index contributed by atoms with van der Waals surface area (Å²) in [6.45, 7) is 9.95. The summed E-state index contributed by atoms with van der Waals surface area (Å²) in [7, 11) is 0. The van der Waals surface area contributed by atoms with E-state index in [0.29, 0.717) is 12.2 Å².